The summed E-state index contributed by atoms with van der Waals surface area (Å²) in [6.07, 6.45) is 0.133. The van der Waals surface area contributed by atoms with Gasteiger partial charge in [0.2, 0.25) is 11.8 Å². The van der Waals surface area contributed by atoms with Crippen molar-refractivity contribution in [2.24, 2.45) is 0 Å². The van der Waals surface area contributed by atoms with Gasteiger partial charge < -0.3 is 15.0 Å². The van der Waals surface area contributed by atoms with E-state index in [4.69, 9.17) is 0 Å². The molecule has 1 atom stereocenters. The molecule has 2 rings (SSSR count). The van der Waals surface area contributed by atoms with E-state index in [0.717, 1.165) is 0 Å². The molecule has 7 heteroatoms. The molecule has 1 aliphatic rings. The Bertz CT molecular complexity index is 605. The van der Waals surface area contributed by atoms with E-state index in [0.29, 0.717) is 18.7 Å². The summed E-state index contributed by atoms with van der Waals surface area (Å²) in [6.45, 7) is 0.658. The fourth-order valence-electron chi connectivity index (χ4n) is 2.54. The van der Waals surface area contributed by atoms with Gasteiger partial charge in [-0.15, -0.1) is 0 Å². The number of methoxy groups -OCH3 is 1. The third-order valence-corrected chi connectivity index (χ3v) is 3.80. The minimum Gasteiger partial charge on any atom is -0.469 e. The summed E-state index contributed by atoms with van der Waals surface area (Å²) in [6, 6.07) is 5.38. The summed E-state index contributed by atoms with van der Waals surface area (Å²) < 4.78 is 18.2. The first-order chi connectivity index (χ1) is 11.0. The lowest BCUT2D eigenvalue weighted by molar-refractivity contribution is -0.150. The van der Waals surface area contributed by atoms with Crippen LogP contribution in [-0.4, -0.2) is 48.9 Å². The summed E-state index contributed by atoms with van der Waals surface area (Å²) >= 11 is 0. The van der Waals surface area contributed by atoms with E-state index in [1.807, 2.05) is 0 Å². The van der Waals surface area contributed by atoms with Crippen LogP contribution < -0.4 is 5.32 Å². The number of nitrogens with one attached hydrogen (secondary N) is 1. The lowest BCUT2D eigenvalue weighted by atomic mass is 10.1. The van der Waals surface area contributed by atoms with Crippen molar-refractivity contribution in [3.8, 4) is 0 Å². The number of ether oxygens (including phenoxy) is 1. The second-order valence-electron chi connectivity index (χ2n) is 5.27. The SMILES string of the molecule is COC(=O)C[C@H]1C(=O)NCCN1C(=O)CCc1ccccc1F. The van der Waals surface area contributed by atoms with E-state index < -0.39 is 12.0 Å². The van der Waals surface area contributed by atoms with Crippen LogP contribution in [0.3, 0.4) is 0 Å². The molecule has 1 heterocycles. The summed E-state index contributed by atoms with van der Waals surface area (Å²) in [5.74, 6) is -1.57. The van der Waals surface area contributed by atoms with E-state index >= 15 is 0 Å². The lowest BCUT2D eigenvalue weighted by Gasteiger charge is -2.34. The standard InChI is InChI=1S/C16H19FN2O4/c1-23-15(21)10-13-16(22)18-8-9-19(13)14(20)7-6-11-4-2-3-5-12(11)17/h2-5,13H,6-10H2,1H3,(H,18,22)/t13-/m0/s1. The molecule has 1 aromatic rings. The van der Waals surface area contributed by atoms with E-state index in [1.54, 1.807) is 18.2 Å². The molecule has 0 aromatic heterocycles. The molecule has 1 aromatic carbocycles. The summed E-state index contributed by atoms with van der Waals surface area (Å²) in [5.41, 5.74) is 0.451. The second-order valence-corrected chi connectivity index (χ2v) is 5.27. The van der Waals surface area contributed by atoms with Gasteiger partial charge in [-0.2, -0.15) is 0 Å². The number of piperazine rings is 1. The second kappa shape index (κ2) is 7.71. The van der Waals surface area contributed by atoms with Crippen molar-refractivity contribution >= 4 is 17.8 Å². The van der Waals surface area contributed by atoms with Crippen LogP contribution in [-0.2, 0) is 25.5 Å². The molecule has 0 bridgehead atoms. The van der Waals surface area contributed by atoms with Gasteiger partial charge in [0, 0.05) is 19.5 Å². The molecular formula is C16H19FN2O4. The number of carbonyl (C=O) groups excluding carboxylic acids is 3. The van der Waals surface area contributed by atoms with Crippen LogP contribution in [0.15, 0.2) is 24.3 Å². The highest BCUT2D eigenvalue weighted by Gasteiger charge is 2.34. The average molecular weight is 322 g/mol. The number of benzene rings is 1. The number of hydrogen-bond donors (Lipinski definition) is 1. The Hall–Kier alpha value is -2.44. The number of aryl methyl sites for hydroxylation is 1. The van der Waals surface area contributed by atoms with Crippen molar-refractivity contribution in [1.82, 2.24) is 10.2 Å². The molecule has 0 aliphatic carbocycles. The molecule has 2 amide bonds. The van der Waals surface area contributed by atoms with Gasteiger partial charge in [-0.25, -0.2) is 4.39 Å². The normalized spacial score (nSPS) is 17.6. The fraction of sp³-hybridized carbons (Fsp3) is 0.438. The molecule has 1 N–H and O–H groups in total. The Balaban J connectivity index is 2.02. The highest BCUT2D eigenvalue weighted by atomic mass is 19.1. The monoisotopic (exact) mass is 322 g/mol. The molecule has 0 saturated carbocycles. The number of esters is 1. The maximum absolute atomic E-state index is 13.6. The zero-order valence-electron chi connectivity index (χ0n) is 12.9. The largest absolute Gasteiger partial charge is 0.469 e. The van der Waals surface area contributed by atoms with E-state index in [-0.39, 0.29) is 36.9 Å². The van der Waals surface area contributed by atoms with Crippen LogP contribution in [0.4, 0.5) is 4.39 Å². The van der Waals surface area contributed by atoms with Crippen molar-refractivity contribution < 1.29 is 23.5 Å². The van der Waals surface area contributed by atoms with E-state index in [2.05, 4.69) is 10.1 Å². The highest BCUT2D eigenvalue weighted by molar-refractivity contribution is 5.91. The van der Waals surface area contributed by atoms with Crippen molar-refractivity contribution in [3.05, 3.63) is 35.6 Å². The zero-order chi connectivity index (χ0) is 16.8. The quantitative estimate of drug-likeness (QED) is 0.808. The number of hydrogen-bond acceptors (Lipinski definition) is 4. The number of carbonyl (C=O) groups is 3. The first-order valence-electron chi connectivity index (χ1n) is 7.40. The Labute approximate surface area is 133 Å². The van der Waals surface area contributed by atoms with Crippen LogP contribution in [0, 0.1) is 5.82 Å². The van der Waals surface area contributed by atoms with Gasteiger partial charge in [-0.1, -0.05) is 18.2 Å². The molecular weight excluding hydrogens is 303 g/mol. The van der Waals surface area contributed by atoms with Crippen LogP contribution in [0.5, 0.6) is 0 Å². The molecule has 1 saturated heterocycles. The predicted octanol–water partition coefficient (Wildman–Crippen LogP) is 0.648. The fourth-order valence-corrected chi connectivity index (χ4v) is 2.54. The van der Waals surface area contributed by atoms with Gasteiger partial charge in [0.15, 0.2) is 0 Å². The van der Waals surface area contributed by atoms with Crippen LogP contribution in [0.2, 0.25) is 0 Å². The Morgan fingerprint density at radius 1 is 1.39 bits per heavy atom. The third kappa shape index (κ3) is 4.28. The molecule has 0 radical (unpaired) electrons. The lowest BCUT2D eigenvalue weighted by Crippen LogP contribution is -2.57. The molecule has 6 nitrogen and oxygen atoms in total. The molecule has 1 aliphatic heterocycles. The third-order valence-electron chi connectivity index (χ3n) is 3.80. The zero-order valence-corrected chi connectivity index (χ0v) is 12.9. The minimum absolute atomic E-state index is 0.0753. The predicted molar refractivity (Wildman–Crippen MR) is 79.9 cm³/mol. The van der Waals surface area contributed by atoms with E-state index in [9.17, 15) is 18.8 Å². The number of amides is 2. The van der Waals surface area contributed by atoms with Crippen molar-refractivity contribution in [2.45, 2.75) is 25.3 Å². The highest BCUT2D eigenvalue weighted by Crippen LogP contribution is 2.14. The van der Waals surface area contributed by atoms with Gasteiger partial charge in [0.05, 0.1) is 13.5 Å². The molecule has 0 unspecified atom stereocenters. The van der Waals surface area contributed by atoms with Crippen molar-refractivity contribution in [3.63, 3.8) is 0 Å². The smallest absolute Gasteiger partial charge is 0.308 e. The molecule has 0 spiro atoms. The maximum atomic E-state index is 13.6. The topological polar surface area (TPSA) is 75.7 Å². The number of nitrogens with zero attached hydrogens (tertiary/aromatic N) is 1. The summed E-state index contributed by atoms with van der Waals surface area (Å²) in [5, 5.41) is 2.63. The van der Waals surface area contributed by atoms with Gasteiger partial charge in [0.25, 0.3) is 0 Å². The van der Waals surface area contributed by atoms with Crippen molar-refractivity contribution in [2.75, 3.05) is 20.2 Å². The molecule has 124 valence electrons. The average Bonchev–Trinajstić information content (AvgIpc) is 2.55. The van der Waals surface area contributed by atoms with Gasteiger partial charge in [-0.05, 0) is 18.1 Å². The van der Waals surface area contributed by atoms with Gasteiger partial charge in [0.1, 0.15) is 11.9 Å². The Kier molecular flexibility index (Phi) is 5.67. The minimum atomic E-state index is -0.871. The number of halogens is 1. The number of rotatable bonds is 5. The van der Waals surface area contributed by atoms with Crippen molar-refractivity contribution in [1.29, 1.82) is 0 Å². The summed E-state index contributed by atoms with van der Waals surface area (Å²) in [7, 11) is 1.23. The molecule has 23 heavy (non-hydrogen) atoms. The first kappa shape index (κ1) is 16.9. The maximum Gasteiger partial charge on any atom is 0.308 e. The van der Waals surface area contributed by atoms with Gasteiger partial charge in [-0.3, -0.25) is 14.4 Å². The Morgan fingerprint density at radius 2 is 2.13 bits per heavy atom. The summed E-state index contributed by atoms with van der Waals surface area (Å²) in [4.78, 5) is 37.1. The van der Waals surface area contributed by atoms with E-state index in [1.165, 1.54) is 18.1 Å². The Morgan fingerprint density at radius 3 is 2.83 bits per heavy atom. The van der Waals surface area contributed by atoms with Crippen LogP contribution in [0.1, 0.15) is 18.4 Å². The van der Waals surface area contributed by atoms with Crippen LogP contribution in [0.25, 0.3) is 0 Å². The van der Waals surface area contributed by atoms with Crippen LogP contribution >= 0.6 is 0 Å². The van der Waals surface area contributed by atoms with Gasteiger partial charge >= 0.3 is 5.97 Å². The molecule has 1 fully saturated rings. The first-order valence-corrected chi connectivity index (χ1v) is 7.40.